The van der Waals surface area contributed by atoms with Crippen molar-refractivity contribution in [3.63, 3.8) is 0 Å². The van der Waals surface area contributed by atoms with Gasteiger partial charge in [0.1, 0.15) is 0 Å². The molecule has 0 rings (SSSR count). The number of esters is 1. The highest BCUT2D eigenvalue weighted by molar-refractivity contribution is 5.72. The third-order valence-corrected chi connectivity index (χ3v) is 2.05. The Labute approximate surface area is 74.7 Å². The Balaban J connectivity index is 3.83. The van der Waals surface area contributed by atoms with Gasteiger partial charge in [-0.2, -0.15) is 0 Å². The minimum Gasteiger partial charge on any atom is -0.469 e. The third kappa shape index (κ3) is 3.72. The van der Waals surface area contributed by atoms with Crippen LogP contribution in [0.5, 0.6) is 0 Å². The maximum atomic E-state index is 11.0. The van der Waals surface area contributed by atoms with Crippen molar-refractivity contribution in [2.75, 3.05) is 20.7 Å². The van der Waals surface area contributed by atoms with Crippen LogP contribution in [0.2, 0.25) is 0 Å². The summed E-state index contributed by atoms with van der Waals surface area (Å²) in [6.07, 6.45) is 0. The highest BCUT2D eigenvalue weighted by Crippen LogP contribution is 2.03. The van der Waals surface area contributed by atoms with Crippen LogP contribution in [0.4, 0.5) is 0 Å². The molecule has 0 unspecified atom stereocenters. The van der Waals surface area contributed by atoms with Crippen molar-refractivity contribution in [1.29, 1.82) is 0 Å². The Morgan fingerprint density at radius 3 is 2.25 bits per heavy atom. The number of carbonyl (C=O) groups excluding carboxylic acids is 1. The molecule has 0 saturated heterocycles. The standard InChI is InChI=1S/C9H19NO2/c1-7(2)10(4)6-8(3)9(11)12-5/h7-8H,6H2,1-5H3/t8-/m0/s1. The number of carbonyl (C=O) groups is 1. The van der Waals surface area contributed by atoms with E-state index in [0.29, 0.717) is 6.04 Å². The minimum absolute atomic E-state index is 0.0394. The maximum Gasteiger partial charge on any atom is 0.309 e. The maximum absolute atomic E-state index is 11.0. The van der Waals surface area contributed by atoms with Gasteiger partial charge in [0.25, 0.3) is 0 Å². The van der Waals surface area contributed by atoms with Crippen LogP contribution in [0.15, 0.2) is 0 Å². The second kappa shape index (κ2) is 5.14. The van der Waals surface area contributed by atoms with Crippen LogP contribution in [0.3, 0.4) is 0 Å². The van der Waals surface area contributed by atoms with Crippen LogP contribution in [0, 0.1) is 5.92 Å². The summed E-state index contributed by atoms with van der Waals surface area (Å²) in [7, 11) is 3.43. The summed E-state index contributed by atoms with van der Waals surface area (Å²) >= 11 is 0. The highest BCUT2D eigenvalue weighted by atomic mass is 16.5. The molecule has 0 saturated carbocycles. The third-order valence-electron chi connectivity index (χ3n) is 2.05. The molecule has 0 fully saturated rings. The largest absolute Gasteiger partial charge is 0.469 e. The molecule has 0 amide bonds. The summed E-state index contributed by atoms with van der Waals surface area (Å²) in [6, 6.07) is 0.470. The second-order valence-corrected chi connectivity index (χ2v) is 3.46. The summed E-state index contributed by atoms with van der Waals surface area (Å²) in [6.45, 7) is 6.84. The monoisotopic (exact) mass is 173 g/mol. The van der Waals surface area contributed by atoms with E-state index in [0.717, 1.165) is 6.54 Å². The summed E-state index contributed by atoms with van der Waals surface area (Å²) in [4.78, 5) is 13.1. The molecule has 0 spiro atoms. The predicted octanol–water partition coefficient (Wildman–Crippen LogP) is 1.14. The first-order valence-electron chi connectivity index (χ1n) is 4.27. The Hall–Kier alpha value is -0.570. The average Bonchev–Trinajstić information content (AvgIpc) is 2.02. The van der Waals surface area contributed by atoms with E-state index in [2.05, 4.69) is 23.5 Å². The lowest BCUT2D eigenvalue weighted by Crippen LogP contribution is -2.33. The number of methoxy groups -OCH3 is 1. The van der Waals surface area contributed by atoms with Crippen molar-refractivity contribution in [1.82, 2.24) is 4.90 Å². The molecule has 0 aromatic rings. The van der Waals surface area contributed by atoms with E-state index in [1.165, 1.54) is 7.11 Å². The Bertz CT molecular complexity index is 145. The van der Waals surface area contributed by atoms with Crippen LogP contribution in [-0.2, 0) is 9.53 Å². The van der Waals surface area contributed by atoms with Crippen LogP contribution in [0.25, 0.3) is 0 Å². The lowest BCUT2D eigenvalue weighted by atomic mass is 10.1. The zero-order chi connectivity index (χ0) is 9.72. The highest BCUT2D eigenvalue weighted by Gasteiger charge is 2.16. The lowest BCUT2D eigenvalue weighted by molar-refractivity contribution is -0.145. The van der Waals surface area contributed by atoms with E-state index >= 15 is 0 Å². The van der Waals surface area contributed by atoms with Gasteiger partial charge in [0, 0.05) is 12.6 Å². The molecular formula is C9H19NO2. The lowest BCUT2D eigenvalue weighted by Gasteiger charge is -2.23. The van der Waals surface area contributed by atoms with E-state index in [9.17, 15) is 4.79 Å². The normalized spacial score (nSPS) is 13.6. The molecule has 0 bridgehead atoms. The quantitative estimate of drug-likeness (QED) is 0.597. The average molecular weight is 173 g/mol. The van der Waals surface area contributed by atoms with E-state index < -0.39 is 0 Å². The van der Waals surface area contributed by atoms with Crippen LogP contribution in [0.1, 0.15) is 20.8 Å². The molecule has 12 heavy (non-hydrogen) atoms. The Morgan fingerprint density at radius 2 is 1.92 bits per heavy atom. The predicted molar refractivity (Wildman–Crippen MR) is 48.9 cm³/mol. The summed E-state index contributed by atoms with van der Waals surface area (Å²) in [5.74, 6) is -0.176. The van der Waals surface area contributed by atoms with Gasteiger partial charge in [-0.15, -0.1) is 0 Å². The van der Waals surface area contributed by atoms with Crippen molar-refractivity contribution < 1.29 is 9.53 Å². The van der Waals surface area contributed by atoms with Crippen molar-refractivity contribution in [3.8, 4) is 0 Å². The first-order chi connectivity index (χ1) is 5.49. The molecule has 0 heterocycles. The van der Waals surface area contributed by atoms with E-state index in [-0.39, 0.29) is 11.9 Å². The summed E-state index contributed by atoms with van der Waals surface area (Å²) in [5, 5.41) is 0. The first-order valence-corrected chi connectivity index (χ1v) is 4.27. The fourth-order valence-corrected chi connectivity index (χ4v) is 0.919. The van der Waals surface area contributed by atoms with Crippen LogP contribution >= 0.6 is 0 Å². The molecule has 0 aliphatic heterocycles. The molecule has 3 heteroatoms. The SMILES string of the molecule is COC(=O)[C@@H](C)CN(C)C(C)C. The van der Waals surface area contributed by atoms with Crippen molar-refractivity contribution >= 4 is 5.97 Å². The van der Waals surface area contributed by atoms with E-state index in [1.807, 2.05) is 14.0 Å². The number of hydrogen-bond donors (Lipinski definition) is 0. The molecule has 72 valence electrons. The van der Waals surface area contributed by atoms with Gasteiger partial charge in [-0.05, 0) is 20.9 Å². The molecule has 0 aromatic heterocycles. The fraction of sp³-hybridized carbons (Fsp3) is 0.889. The van der Waals surface area contributed by atoms with E-state index in [4.69, 9.17) is 0 Å². The zero-order valence-electron chi connectivity index (χ0n) is 8.63. The van der Waals surface area contributed by atoms with Crippen molar-refractivity contribution in [3.05, 3.63) is 0 Å². The molecule has 0 aliphatic carbocycles. The zero-order valence-corrected chi connectivity index (χ0v) is 8.63. The van der Waals surface area contributed by atoms with Gasteiger partial charge in [0.15, 0.2) is 0 Å². The molecule has 0 N–H and O–H groups in total. The number of ether oxygens (including phenoxy) is 1. The van der Waals surface area contributed by atoms with E-state index in [1.54, 1.807) is 0 Å². The smallest absolute Gasteiger partial charge is 0.309 e. The molecule has 0 aromatic carbocycles. The molecular weight excluding hydrogens is 154 g/mol. The topological polar surface area (TPSA) is 29.5 Å². The second-order valence-electron chi connectivity index (χ2n) is 3.46. The minimum atomic E-state index is -0.137. The number of hydrogen-bond acceptors (Lipinski definition) is 3. The molecule has 0 radical (unpaired) electrons. The van der Waals surface area contributed by atoms with Gasteiger partial charge in [0.05, 0.1) is 13.0 Å². The van der Waals surface area contributed by atoms with Gasteiger partial charge in [0.2, 0.25) is 0 Å². The Morgan fingerprint density at radius 1 is 1.42 bits per heavy atom. The van der Waals surface area contributed by atoms with Crippen LogP contribution in [-0.4, -0.2) is 37.6 Å². The Kier molecular flexibility index (Phi) is 4.90. The van der Waals surface area contributed by atoms with Gasteiger partial charge in [-0.1, -0.05) is 6.92 Å². The van der Waals surface area contributed by atoms with Crippen molar-refractivity contribution in [2.24, 2.45) is 5.92 Å². The molecule has 0 aliphatic rings. The van der Waals surface area contributed by atoms with Crippen molar-refractivity contribution in [2.45, 2.75) is 26.8 Å². The van der Waals surface area contributed by atoms with Gasteiger partial charge in [-0.25, -0.2) is 0 Å². The van der Waals surface area contributed by atoms with Gasteiger partial charge < -0.3 is 9.64 Å². The fourth-order valence-electron chi connectivity index (χ4n) is 0.919. The van der Waals surface area contributed by atoms with Crippen LogP contribution < -0.4 is 0 Å². The summed E-state index contributed by atoms with van der Waals surface area (Å²) < 4.78 is 4.63. The first kappa shape index (κ1) is 11.4. The van der Waals surface area contributed by atoms with Gasteiger partial charge >= 0.3 is 5.97 Å². The molecule has 1 atom stereocenters. The number of rotatable bonds is 4. The molecule has 3 nitrogen and oxygen atoms in total. The van der Waals surface area contributed by atoms with Gasteiger partial charge in [-0.3, -0.25) is 4.79 Å². The summed E-state index contributed by atoms with van der Waals surface area (Å²) in [5.41, 5.74) is 0. The number of nitrogens with zero attached hydrogens (tertiary/aromatic N) is 1.